The van der Waals surface area contributed by atoms with Gasteiger partial charge in [0.1, 0.15) is 5.03 Å². The van der Waals surface area contributed by atoms with E-state index in [4.69, 9.17) is 0 Å². The molecule has 2 heterocycles. The van der Waals surface area contributed by atoms with Crippen LogP contribution in [0.3, 0.4) is 0 Å². The highest BCUT2D eigenvalue weighted by atomic mass is 32.2. The van der Waals surface area contributed by atoms with Crippen molar-refractivity contribution in [2.45, 2.75) is 18.4 Å². The van der Waals surface area contributed by atoms with Crippen molar-refractivity contribution in [2.24, 2.45) is 0 Å². The molecule has 0 atom stereocenters. The first kappa shape index (κ1) is 20.0. The third-order valence-corrected chi connectivity index (χ3v) is 5.78. The molecule has 6 nitrogen and oxygen atoms in total. The van der Waals surface area contributed by atoms with Crippen molar-refractivity contribution in [2.75, 3.05) is 27.8 Å². The van der Waals surface area contributed by atoms with Crippen LogP contribution in [0.25, 0.3) is 0 Å². The van der Waals surface area contributed by atoms with Crippen molar-refractivity contribution < 1.29 is 9.59 Å². The quantitative estimate of drug-likeness (QED) is 0.622. The second kappa shape index (κ2) is 9.00. The number of fused-ring (bicyclic) bond motifs is 1. The number of rotatable bonds is 4. The van der Waals surface area contributed by atoms with Gasteiger partial charge in [-0.25, -0.2) is 9.78 Å². The van der Waals surface area contributed by atoms with E-state index in [2.05, 4.69) is 22.5 Å². The summed E-state index contributed by atoms with van der Waals surface area (Å²) in [6.45, 7) is 2.67. The lowest BCUT2D eigenvalue weighted by Gasteiger charge is -2.28. The Morgan fingerprint density at radius 1 is 1.03 bits per heavy atom. The van der Waals surface area contributed by atoms with Crippen LogP contribution >= 0.6 is 11.8 Å². The van der Waals surface area contributed by atoms with Gasteiger partial charge in [0.25, 0.3) is 5.91 Å². The number of benzene rings is 2. The molecule has 152 valence electrons. The Morgan fingerprint density at radius 3 is 2.67 bits per heavy atom. The van der Waals surface area contributed by atoms with Crippen LogP contribution in [0, 0.1) is 0 Å². The van der Waals surface area contributed by atoms with Crippen molar-refractivity contribution in [3.8, 4) is 0 Å². The topological polar surface area (TPSA) is 74.3 Å². The molecule has 1 aliphatic heterocycles. The number of pyridine rings is 1. The molecule has 0 bridgehead atoms. The summed E-state index contributed by atoms with van der Waals surface area (Å²) in [5.41, 5.74) is 3.76. The van der Waals surface area contributed by atoms with Crippen LogP contribution in [0.15, 0.2) is 71.9 Å². The number of nitrogens with one attached hydrogen (secondary N) is 2. The third kappa shape index (κ3) is 4.46. The van der Waals surface area contributed by atoms with E-state index in [0.29, 0.717) is 17.8 Å². The monoisotopic (exact) mass is 418 g/mol. The van der Waals surface area contributed by atoms with Crippen LogP contribution < -0.4 is 15.5 Å². The van der Waals surface area contributed by atoms with Gasteiger partial charge in [-0.15, -0.1) is 11.8 Å². The number of amides is 3. The fourth-order valence-corrected chi connectivity index (χ4v) is 4.19. The standard InChI is InChI=1S/C23H22N4O2S/c1-2-16-6-3-8-18(14-16)25-21(28)17-7-4-9-19(15-17)26-23(29)27-12-13-30-22-20(27)10-5-11-24-22/h3-11,14-15H,2,12-13H2,1H3,(H,25,28)(H,26,29). The fourth-order valence-electron chi connectivity index (χ4n) is 3.27. The number of hydrogen-bond donors (Lipinski definition) is 2. The predicted octanol–water partition coefficient (Wildman–Crippen LogP) is 5.04. The number of nitrogens with zero attached hydrogens (tertiary/aromatic N) is 2. The van der Waals surface area contributed by atoms with Gasteiger partial charge < -0.3 is 10.6 Å². The van der Waals surface area contributed by atoms with Gasteiger partial charge in [0, 0.05) is 35.4 Å². The number of anilines is 3. The lowest BCUT2D eigenvalue weighted by atomic mass is 10.1. The highest BCUT2D eigenvalue weighted by Gasteiger charge is 2.23. The van der Waals surface area contributed by atoms with E-state index in [-0.39, 0.29) is 11.9 Å². The molecule has 2 N–H and O–H groups in total. The Kier molecular flexibility index (Phi) is 5.99. The van der Waals surface area contributed by atoms with E-state index >= 15 is 0 Å². The maximum absolute atomic E-state index is 12.9. The Morgan fingerprint density at radius 2 is 1.83 bits per heavy atom. The number of aromatic nitrogens is 1. The second-order valence-electron chi connectivity index (χ2n) is 6.85. The largest absolute Gasteiger partial charge is 0.326 e. The Balaban J connectivity index is 1.47. The number of hydrogen-bond acceptors (Lipinski definition) is 4. The molecule has 2 aromatic carbocycles. The molecule has 0 saturated heterocycles. The minimum absolute atomic E-state index is 0.219. The van der Waals surface area contributed by atoms with E-state index in [0.717, 1.165) is 34.1 Å². The summed E-state index contributed by atoms with van der Waals surface area (Å²) in [6.07, 6.45) is 2.63. The van der Waals surface area contributed by atoms with E-state index in [9.17, 15) is 9.59 Å². The maximum atomic E-state index is 12.9. The molecule has 0 radical (unpaired) electrons. The lowest BCUT2D eigenvalue weighted by molar-refractivity contribution is 0.102. The average Bonchev–Trinajstić information content (AvgIpc) is 2.79. The first-order chi connectivity index (χ1) is 14.6. The zero-order valence-electron chi connectivity index (χ0n) is 16.6. The number of carbonyl (C=O) groups excluding carboxylic acids is 2. The normalized spacial score (nSPS) is 12.8. The van der Waals surface area contributed by atoms with Gasteiger partial charge in [0.15, 0.2) is 0 Å². The van der Waals surface area contributed by atoms with Crippen LogP contribution in [0.5, 0.6) is 0 Å². The molecule has 0 unspecified atom stereocenters. The van der Waals surface area contributed by atoms with Gasteiger partial charge in [0.05, 0.1) is 5.69 Å². The number of urea groups is 1. The SMILES string of the molecule is CCc1cccc(NC(=O)c2cccc(NC(=O)N3CCSc4ncccc43)c2)c1. The Hall–Kier alpha value is -3.32. The second-order valence-corrected chi connectivity index (χ2v) is 7.93. The number of aryl methyl sites for hydroxylation is 1. The molecule has 3 amide bonds. The molecular weight excluding hydrogens is 396 g/mol. The van der Waals surface area contributed by atoms with Gasteiger partial charge in [-0.2, -0.15) is 0 Å². The smallest absolute Gasteiger partial charge is 0.322 e. The predicted molar refractivity (Wildman–Crippen MR) is 122 cm³/mol. The van der Waals surface area contributed by atoms with Crippen molar-refractivity contribution in [3.63, 3.8) is 0 Å². The van der Waals surface area contributed by atoms with Crippen LogP contribution in [0.2, 0.25) is 0 Å². The van der Waals surface area contributed by atoms with Gasteiger partial charge in [0.2, 0.25) is 0 Å². The minimum atomic E-state index is -0.238. The van der Waals surface area contributed by atoms with Crippen LogP contribution in [0.4, 0.5) is 21.9 Å². The van der Waals surface area contributed by atoms with Gasteiger partial charge >= 0.3 is 6.03 Å². The summed E-state index contributed by atoms with van der Waals surface area (Å²) in [4.78, 5) is 31.5. The van der Waals surface area contributed by atoms with E-state index in [1.807, 2.05) is 36.4 Å². The fraction of sp³-hybridized carbons (Fsp3) is 0.174. The number of carbonyl (C=O) groups is 2. The summed E-state index contributed by atoms with van der Waals surface area (Å²) >= 11 is 1.64. The maximum Gasteiger partial charge on any atom is 0.326 e. The molecule has 0 saturated carbocycles. The van der Waals surface area contributed by atoms with Crippen molar-refractivity contribution in [3.05, 3.63) is 78.0 Å². The zero-order chi connectivity index (χ0) is 20.9. The summed E-state index contributed by atoms with van der Waals surface area (Å²) in [7, 11) is 0. The van der Waals surface area contributed by atoms with E-state index < -0.39 is 0 Å². The first-order valence-electron chi connectivity index (χ1n) is 9.81. The summed E-state index contributed by atoms with van der Waals surface area (Å²) in [6, 6.07) is 18.2. The minimum Gasteiger partial charge on any atom is -0.322 e. The molecule has 3 aromatic rings. The van der Waals surface area contributed by atoms with Gasteiger partial charge in [-0.05, 0) is 54.4 Å². The van der Waals surface area contributed by atoms with Crippen LogP contribution in [-0.4, -0.2) is 29.2 Å². The molecule has 0 aliphatic carbocycles. The first-order valence-corrected chi connectivity index (χ1v) is 10.8. The molecule has 30 heavy (non-hydrogen) atoms. The molecular formula is C23H22N4O2S. The molecule has 4 rings (SSSR count). The molecule has 1 aromatic heterocycles. The van der Waals surface area contributed by atoms with E-state index in [1.165, 1.54) is 0 Å². The number of thioether (sulfide) groups is 1. The van der Waals surface area contributed by atoms with Crippen LogP contribution in [0.1, 0.15) is 22.8 Å². The Bertz CT molecular complexity index is 1090. The summed E-state index contributed by atoms with van der Waals surface area (Å²) in [5, 5.41) is 6.67. The summed E-state index contributed by atoms with van der Waals surface area (Å²) < 4.78 is 0. The third-order valence-electron chi connectivity index (χ3n) is 4.81. The molecule has 0 spiro atoms. The van der Waals surface area contributed by atoms with Crippen molar-refractivity contribution >= 4 is 40.8 Å². The van der Waals surface area contributed by atoms with Crippen molar-refractivity contribution in [1.29, 1.82) is 0 Å². The van der Waals surface area contributed by atoms with E-state index in [1.54, 1.807) is 47.1 Å². The van der Waals surface area contributed by atoms with Crippen LogP contribution in [-0.2, 0) is 6.42 Å². The molecule has 7 heteroatoms. The van der Waals surface area contributed by atoms with Gasteiger partial charge in [-0.3, -0.25) is 9.69 Å². The highest BCUT2D eigenvalue weighted by molar-refractivity contribution is 7.99. The zero-order valence-corrected chi connectivity index (χ0v) is 17.4. The summed E-state index contributed by atoms with van der Waals surface area (Å²) in [5.74, 6) is 0.569. The van der Waals surface area contributed by atoms with Crippen molar-refractivity contribution in [1.82, 2.24) is 4.98 Å². The molecule has 0 fully saturated rings. The lowest BCUT2D eigenvalue weighted by Crippen LogP contribution is -2.38. The average molecular weight is 419 g/mol. The highest BCUT2D eigenvalue weighted by Crippen LogP contribution is 2.32. The van der Waals surface area contributed by atoms with Gasteiger partial charge in [-0.1, -0.05) is 25.1 Å². The Labute approximate surface area is 179 Å². The molecule has 1 aliphatic rings.